The van der Waals surface area contributed by atoms with E-state index < -0.39 is 0 Å². The van der Waals surface area contributed by atoms with Crippen LogP contribution in [0.25, 0.3) is 33.9 Å². The lowest BCUT2D eigenvalue weighted by Crippen LogP contribution is -2.01. The van der Waals surface area contributed by atoms with E-state index in [2.05, 4.69) is 22.1 Å². The third-order valence-electron chi connectivity index (χ3n) is 4.75. The monoisotopic (exact) mass is 381 g/mol. The van der Waals surface area contributed by atoms with Crippen molar-refractivity contribution in [2.45, 2.75) is 6.42 Å². The lowest BCUT2D eigenvalue weighted by Gasteiger charge is -2.07. The summed E-state index contributed by atoms with van der Waals surface area (Å²) in [5.74, 6) is 2.36. The number of pyridine rings is 1. The zero-order valence-corrected chi connectivity index (χ0v) is 15.7. The Balaban J connectivity index is 1.35. The van der Waals surface area contributed by atoms with Crippen LogP contribution in [-0.2, 0) is 6.42 Å². The number of fused-ring (bicyclic) bond motifs is 1. The fraction of sp³-hybridized carbons (Fsp3) is 0.0833. The Morgan fingerprint density at radius 3 is 2.69 bits per heavy atom. The van der Waals surface area contributed by atoms with Crippen molar-refractivity contribution in [3.05, 3.63) is 90.8 Å². The fourth-order valence-corrected chi connectivity index (χ4v) is 3.27. The van der Waals surface area contributed by atoms with Crippen molar-refractivity contribution in [1.29, 1.82) is 0 Å². The molecule has 2 aromatic carbocycles. The molecule has 0 aliphatic carbocycles. The van der Waals surface area contributed by atoms with Crippen LogP contribution < -0.4 is 4.74 Å². The van der Waals surface area contributed by atoms with E-state index in [0.29, 0.717) is 6.61 Å². The van der Waals surface area contributed by atoms with Crippen molar-refractivity contribution in [1.82, 2.24) is 15.0 Å². The number of furan rings is 1. The highest BCUT2D eigenvalue weighted by atomic mass is 16.5. The van der Waals surface area contributed by atoms with Crippen molar-refractivity contribution in [2.24, 2.45) is 0 Å². The van der Waals surface area contributed by atoms with Gasteiger partial charge in [-0.15, -0.1) is 0 Å². The van der Waals surface area contributed by atoms with Crippen molar-refractivity contribution in [3.63, 3.8) is 0 Å². The van der Waals surface area contributed by atoms with E-state index in [1.807, 2.05) is 60.7 Å². The highest BCUT2D eigenvalue weighted by Gasteiger charge is 2.10. The Labute approximate surface area is 168 Å². The number of H-pyrrole nitrogens is 1. The molecule has 29 heavy (non-hydrogen) atoms. The molecule has 0 amide bonds. The van der Waals surface area contributed by atoms with Gasteiger partial charge in [-0.2, -0.15) is 0 Å². The first-order valence-corrected chi connectivity index (χ1v) is 9.52. The highest BCUT2D eigenvalue weighted by Crippen LogP contribution is 2.26. The van der Waals surface area contributed by atoms with Crippen LogP contribution in [0.4, 0.5) is 0 Å². The zero-order chi connectivity index (χ0) is 19.5. The summed E-state index contributed by atoms with van der Waals surface area (Å²) >= 11 is 0. The molecule has 5 rings (SSSR count). The Kier molecular flexibility index (Phi) is 4.54. The standard InChI is InChI=1S/C24H19N3O2/c1-2-6-17(7-3-1)11-13-28-20-9-4-8-18(14-20)23-26-21-15-19(16-25-24(21)27-23)22-10-5-12-29-22/h1-10,12,14-16H,11,13H2,(H,25,26,27). The Morgan fingerprint density at radius 2 is 1.83 bits per heavy atom. The molecule has 0 fully saturated rings. The average Bonchev–Trinajstić information content (AvgIpc) is 3.44. The van der Waals surface area contributed by atoms with Gasteiger partial charge in [0.2, 0.25) is 0 Å². The number of nitrogens with zero attached hydrogens (tertiary/aromatic N) is 2. The summed E-state index contributed by atoms with van der Waals surface area (Å²) in [6.07, 6.45) is 4.31. The van der Waals surface area contributed by atoms with E-state index in [4.69, 9.17) is 14.1 Å². The molecule has 5 heteroatoms. The van der Waals surface area contributed by atoms with Gasteiger partial charge in [-0.1, -0.05) is 42.5 Å². The van der Waals surface area contributed by atoms with Gasteiger partial charge in [-0.3, -0.25) is 0 Å². The van der Waals surface area contributed by atoms with Gasteiger partial charge in [0.15, 0.2) is 5.65 Å². The number of hydrogen-bond acceptors (Lipinski definition) is 4. The molecule has 3 heterocycles. The summed E-state index contributed by atoms with van der Waals surface area (Å²) in [4.78, 5) is 12.5. The molecule has 5 nitrogen and oxygen atoms in total. The third-order valence-corrected chi connectivity index (χ3v) is 4.75. The number of rotatable bonds is 6. The second-order valence-corrected chi connectivity index (χ2v) is 6.77. The molecule has 0 aliphatic heterocycles. The number of hydrogen-bond donors (Lipinski definition) is 1. The number of imidazole rings is 1. The lowest BCUT2D eigenvalue weighted by molar-refractivity contribution is 0.322. The van der Waals surface area contributed by atoms with Crippen molar-refractivity contribution >= 4 is 11.2 Å². The minimum atomic E-state index is 0.627. The molecule has 0 aliphatic rings. The molecule has 0 unspecified atom stereocenters. The van der Waals surface area contributed by atoms with Crippen molar-refractivity contribution < 1.29 is 9.15 Å². The van der Waals surface area contributed by atoms with Crippen LogP contribution in [0, 0.1) is 0 Å². The predicted molar refractivity (Wildman–Crippen MR) is 113 cm³/mol. The fourth-order valence-electron chi connectivity index (χ4n) is 3.27. The van der Waals surface area contributed by atoms with Gasteiger partial charge in [-0.05, 0) is 35.9 Å². The second-order valence-electron chi connectivity index (χ2n) is 6.77. The maximum absolute atomic E-state index is 5.94. The van der Waals surface area contributed by atoms with Gasteiger partial charge < -0.3 is 14.1 Å². The SMILES string of the molecule is c1ccc(CCOc2cccc(-c3nc4cc(-c5ccco5)cnc4[nH]3)c2)cc1. The Hall–Kier alpha value is -3.86. The molecular weight excluding hydrogens is 362 g/mol. The number of aromatic nitrogens is 3. The molecule has 142 valence electrons. The van der Waals surface area contributed by atoms with E-state index in [1.165, 1.54) is 5.56 Å². The van der Waals surface area contributed by atoms with Crippen LogP contribution in [0.1, 0.15) is 5.56 Å². The number of aromatic amines is 1. The molecule has 1 N–H and O–H groups in total. The number of ether oxygens (including phenoxy) is 1. The molecular formula is C24H19N3O2. The average molecular weight is 381 g/mol. The van der Waals surface area contributed by atoms with Gasteiger partial charge >= 0.3 is 0 Å². The minimum Gasteiger partial charge on any atom is -0.493 e. The first-order valence-electron chi connectivity index (χ1n) is 9.52. The van der Waals surface area contributed by atoms with Crippen LogP contribution in [0.3, 0.4) is 0 Å². The second kappa shape index (κ2) is 7.64. The van der Waals surface area contributed by atoms with E-state index in [-0.39, 0.29) is 0 Å². The van der Waals surface area contributed by atoms with E-state index >= 15 is 0 Å². The van der Waals surface area contributed by atoms with E-state index in [9.17, 15) is 0 Å². The van der Waals surface area contributed by atoms with Crippen LogP contribution in [-0.4, -0.2) is 21.6 Å². The summed E-state index contributed by atoms with van der Waals surface area (Å²) in [5.41, 5.74) is 4.66. The summed E-state index contributed by atoms with van der Waals surface area (Å²) in [5, 5.41) is 0. The summed E-state index contributed by atoms with van der Waals surface area (Å²) < 4.78 is 11.4. The Morgan fingerprint density at radius 1 is 0.897 bits per heavy atom. The summed E-state index contributed by atoms with van der Waals surface area (Å²) in [6, 6.07) is 24.0. The topological polar surface area (TPSA) is 63.9 Å². The normalized spacial score (nSPS) is 11.0. The molecule has 3 aromatic heterocycles. The van der Waals surface area contributed by atoms with Crippen LogP contribution in [0.15, 0.2) is 89.7 Å². The van der Waals surface area contributed by atoms with Gasteiger partial charge in [0.1, 0.15) is 22.9 Å². The maximum Gasteiger partial charge on any atom is 0.157 e. The molecule has 0 spiro atoms. The smallest absolute Gasteiger partial charge is 0.157 e. The van der Waals surface area contributed by atoms with Gasteiger partial charge in [0, 0.05) is 23.7 Å². The van der Waals surface area contributed by atoms with Crippen molar-refractivity contribution in [3.8, 4) is 28.5 Å². The molecule has 0 radical (unpaired) electrons. The highest BCUT2D eigenvalue weighted by molar-refractivity contribution is 5.80. The number of benzene rings is 2. The Bertz CT molecular complexity index is 1230. The van der Waals surface area contributed by atoms with Gasteiger partial charge in [-0.25, -0.2) is 9.97 Å². The van der Waals surface area contributed by atoms with E-state index in [0.717, 1.165) is 46.0 Å². The van der Waals surface area contributed by atoms with Crippen LogP contribution in [0.5, 0.6) is 5.75 Å². The van der Waals surface area contributed by atoms with Crippen molar-refractivity contribution in [2.75, 3.05) is 6.61 Å². The zero-order valence-electron chi connectivity index (χ0n) is 15.7. The first kappa shape index (κ1) is 17.3. The quantitative estimate of drug-likeness (QED) is 0.421. The molecule has 0 atom stereocenters. The largest absolute Gasteiger partial charge is 0.493 e. The van der Waals surface area contributed by atoms with E-state index in [1.54, 1.807) is 12.5 Å². The molecule has 0 saturated heterocycles. The minimum absolute atomic E-state index is 0.627. The molecule has 5 aromatic rings. The number of nitrogens with one attached hydrogen (secondary N) is 1. The summed E-state index contributed by atoms with van der Waals surface area (Å²) in [7, 11) is 0. The molecule has 0 saturated carbocycles. The lowest BCUT2D eigenvalue weighted by atomic mass is 10.2. The predicted octanol–water partition coefficient (Wildman–Crippen LogP) is 5.51. The summed E-state index contributed by atoms with van der Waals surface area (Å²) in [6.45, 7) is 0.627. The van der Waals surface area contributed by atoms with Crippen LogP contribution >= 0.6 is 0 Å². The third kappa shape index (κ3) is 3.75. The maximum atomic E-state index is 5.94. The first-order chi connectivity index (χ1) is 14.3. The van der Waals surface area contributed by atoms with Gasteiger partial charge in [0.05, 0.1) is 12.9 Å². The van der Waals surface area contributed by atoms with Gasteiger partial charge in [0.25, 0.3) is 0 Å². The molecule has 0 bridgehead atoms. The van der Waals surface area contributed by atoms with Crippen LogP contribution in [0.2, 0.25) is 0 Å².